The van der Waals surface area contributed by atoms with Gasteiger partial charge < -0.3 is 15.4 Å². The first-order valence-corrected chi connectivity index (χ1v) is 7.97. The highest BCUT2D eigenvalue weighted by atomic mass is 16.5. The van der Waals surface area contributed by atoms with Crippen molar-refractivity contribution in [3.63, 3.8) is 0 Å². The Balaban J connectivity index is 2.66. The van der Waals surface area contributed by atoms with E-state index in [0.717, 1.165) is 32.7 Å². The van der Waals surface area contributed by atoms with Gasteiger partial charge in [0, 0.05) is 36.7 Å². The van der Waals surface area contributed by atoms with Crippen LogP contribution in [0.2, 0.25) is 0 Å². The zero-order chi connectivity index (χ0) is 15.6. The average molecular weight is 285 g/mol. The van der Waals surface area contributed by atoms with Crippen LogP contribution < -0.4 is 5.73 Å². The fourth-order valence-electron chi connectivity index (χ4n) is 3.36. The number of likely N-dealkylation sites (N-methyl/N-ethyl adjacent to an activating group) is 2. The van der Waals surface area contributed by atoms with Crippen LogP contribution in [0.15, 0.2) is 0 Å². The van der Waals surface area contributed by atoms with E-state index in [2.05, 4.69) is 58.5 Å². The Labute approximate surface area is 125 Å². The Hall–Kier alpha value is -0.160. The predicted molar refractivity (Wildman–Crippen MR) is 86.0 cm³/mol. The Morgan fingerprint density at radius 3 is 2.30 bits per heavy atom. The van der Waals surface area contributed by atoms with E-state index in [-0.39, 0.29) is 11.0 Å². The van der Waals surface area contributed by atoms with E-state index >= 15 is 0 Å². The lowest BCUT2D eigenvalue weighted by Gasteiger charge is -2.60. The molecule has 0 heterocycles. The minimum absolute atomic E-state index is 0.0499. The molecule has 0 bridgehead atoms. The summed E-state index contributed by atoms with van der Waals surface area (Å²) in [5.74, 6) is 0. The molecule has 4 nitrogen and oxygen atoms in total. The highest BCUT2D eigenvalue weighted by Crippen LogP contribution is 2.50. The molecule has 20 heavy (non-hydrogen) atoms. The zero-order valence-corrected chi connectivity index (χ0v) is 14.6. The van der Waals surface area contributed by atoms with Crippen molar-refractivity contribution in [1.29, 1.82) is 0 Å². The standard InChI is InChI=1S/C16H35N3O/c1-8-19(13(3)11-18(6)7)12-16(17)10-14(20-9-2)15(16,4)5/h13-14H,8-12,17H2,1-7H3. The highest BCUT2D eigenvalue weighted by Gasteiger charge is 2.58. The number of ether oxygens (including phenoxy) is 1. The van der Waals surface area contributed by atoms with Crippen molar-refractivity contribution in [1.82, 2.24) is 9.80 Å². The molecule has 0 spiro atoms. The molecule has 2 N–H and O–H groups in total. The van der Waals surface area contributed by atoms with E-state index in [1.54, 1.807) is 0 Å². The van der Waals surface area contributed by atoms with Crippen LogP contribution >= 0.6 is 0 Å². The number of hydrogen-bond acceptors (Lipinski definition) is 4. The van der Waals surface area contributed by atoms with Crippen molar-refractivity contribution >= 4 is 0 Å². The van der Waals surface area contributed by atoms with Crippen LogP contribution in [0, 0.1) is 5.41 Å². The van der Waals surface area contributed by atoms with E-state index < -0.39 is 0 Å². The normalized spacial score (nSPS) is 30.6. The van der Waals surface area contributed by atoms with E-state index in [1.165, 1.54) is 0 Å². The van der Waals surface area contributed by atoms with E-state index in [0.29, 0.717) is 12.1 Å². The summed E-state index contributed by atoms with van der Waals surface area (Å²) in [4.78, 5) is 4.75. The van der Waals surface area contributed by atoms with Crippen molar-refractivity contribution in [2.75, 3.05) is 40.3 Å². The Morgan fingerprint density at radius 2 is 1.90 bits per heavy atom. The van der Waals surface area contributed by atoms with Crippen molar-refractivity contribution in [2.45, 2.75) is 58.7 Å². The highest BCUT2D eigenvalue weighted by molar-refractivity contribution is 5.15. The van der Waals surface area contributed by atoms with Crippen LogP contribution in [0.25, 0.3) is 0 Å². The second-order valence-corrected chi connectivity index (χ2v) is 7.20. The first kappa shape index (κ1) is 17.9. The fraction of sp³-hybridized carbons (Fsp3) is 1.00. The van der Waals surface area contributed by atoms with Crippen LogP contribution in [0.1, 0.15) is 41.0 Å². The van der Waals surface area contributed by atoms with Gasteiger partial charge in [0.25, 0.3) is 0 Å². The van der Waals surface area contributed by atoms with Gasteiger partial charge in [-0.15, -0.1) is 0 Å². The third-order valence-corrected chi connectivity index (χ3v) is 5.15. The third-order valence-electron chi connectivity index (χ3n) is 5.15. The van der Waals surface area contributed by atoms with Gasteiger partial charge in [0.1, 0.15) is 0 Å². The fourth-order valence-corrected chi connectivity index (χ4v) is 3.36. The van der Waals surface area contributed by atoms with Crippen LogP contribution in [-0.2, 0) is 4.74 Å². The molecule has 0 aromatic carbocycles. The Morgan fingerprint density at radius 1 is 1.30 bits per heavy atom. The lowest BCUT2D eigenvalue weighted by atomic mass is 9.54. The molecule has 120 valence electrons. The second kappa shape index (κ2) is 6.73. The molecule has 0 saturated heterocycles. The largest absolute Gasteiger partial charge is 0.378 e. The van der Waals surface area contributed by atoms with Gasteiger partial charge in [-0.2, -0.15) is 0 Å². The van der Waals surface area contributed by atoms with Gasteiger partial charge in [0.05, 0.1) is 6.10 Å². The molecule has 0 aromatic rings. The molecule has 1 fully saturated rings. The Bertz CT molecular complexity index is 306. The third kappa shape index (κ3) is 3.53. The van der Waals surface area contributed by atoms with Crippen molar-refractivity contribution in [2.24, 2.45) is 11.1 Å². The molecule has 0 aliphatic heterocycles. The number of hydrogen-bond donors (Lipinski definition) is 1. The molecule has 0 radical (unpaired) electrons. The van der Waals surface area contributed by atoms with Gasteiger partial charge >= 0.3 is 0 Å². The molecule has 1 saturated carbocycles. The van der Waals surface area contributed by atoms with Gasteiger partial charge in [-0.3, -0.25) is 4.90 Å². The van der Waals surface area contributed by atoms with Crippen LogP contribution in [0.5, 0.6) is 0 Å². The quantitative estimate of drug-likeness (QED) is 0.738. The molecule has 0 aromatic heterocycles. The first-order chi connectivity index (χ1) is 9.17. The molecule has 1 aliphatic carbocycles. The van der Waals surface area contributed by atoms with Crippen molar-refractivity contribution in [3.8, 4) is 0 Å². The molecule has 0 amide bonds. The smallest absolute Gasteiger partial charge is 0.0662 e. The van der Waals surface area contributed by atoms with Gasteiger partial charge in [-0.05, 0) is 40.9 Å². The lowest BCUT2D eigenvalue weighted by Crippen LogP contribution is -2.74. The van der Waals surface area contributed by atoms with Crippen molar-refractivity contribution in [3.05, 3.63) is 0 Å². The monoisotopic (exact) mass is 285 g/mol. The predicted octanol–water partition coefficient (Wildman–Crippen LogP) is 1.79. The molecule has 1 aliphatic rings. The summed E-state index contributed by atoms with van der Waals surface area (Å²) in [6, 6.07) is 0.525. The summed E-state index contributed by atoms with van der Waals surface area (Å²) in [5, 5.41) is 0. The first-order valence-electron chi connectivity index (χ1n) is 7.97. The van der Waals surface area contributed by atoms with Crippen molar-refractivity contribution < 1.29 is 4.74 Å². The maximum atomic E-state index is 6.71. The second-order valence-electron chi connectivity index (χ2n) is 7.20. The topological polar surface area (TPSA) is 41.7 Å². The Kier molecular flexibility index (Phi) is 6.02. The van der Waals surface area contributed by atoms with Crippen LogP contribution in [0.4, 0.5) is 0 Å². The number of rotatable bonds is 8. The van der Waals surface area contributed by atoms with E-state index in [9.17, 15) is 0 Å². The van der Waals surface area contributed by atoms with Crippen LogP contribution in [-0.4, -0.2) is 67.8 Å². The SMILES string of the molecule is CCOC1CC(N)(CN(CC)C(C)CN(C)C)C1(C)C. The maximum absolute atomic E-state index is 6.71. The molecule has 3 unspecified atom stereocenters. The molecular weight excluding hydrogens is 250 g/mol. The summed E-state index contributed by atoms with van der Waals surface area (Å²) in [7, 11) is 4.25. The molecule has 1 rings (SSSR count). The lowest BCUT2D eigenvalue weighted by molar-refractivity contribution is -0.158. The summed E-state index contributed by atoms with van der Waals surface area (Å²) >= 11 is 0. The van der Waals surface area contributed by atoms with Gasteiger partial charge in [-0.25, -0.2) is 0 Å². The number of nitrogens with two attached hydrogens (primary N) is 1. The molecule has 4 heteroatoms. The average Bonchev–Trinajstić information content (AvgIpc) is 2.34. The summed E-state index contributed by atoms with van der Waals surface area (Å²) in [5.41, 5.74) is 6.63. The van der Waals surface area contributed by atoms with Gasteiger partial charge in [0.2, 0.25) is 0 Å². The summed E-state index contributed by atoms with van der Waals surface area (Å²) < 4.78 is 5.82. The summed E-state index contributed by atoms with van der Waals surface area (Å²) in [6.07, 6.45) is 1.28. The van der Waals surface area contributed by atoms with E-state index in [1.807, 2.05) is 0 Å². The molecular formula is C16H35N3O. The zero-order valence-electron chi connectivity index (χ0n) is 14.6. The number of nitrogens with zero attached hydrogens (tertiary/aromatic N) is 2. The minimum atomic E-state index is -0.135. The maximum Gasteiger partial charge on any atom is 0.0662 e. The van der Waals surface area contributed by atoms with Gasteiger partial charge in [-0.1, -0.05) is 20.8 Å². The van der Waals surface area contributed by atoms with Gasteiger partial charge in [0.15, 0.2) is 0 Å². The molecule has 3 atom stereocenters. The van der Waals surface area contributed by atoms with E-state index in [4.69, 9.17) is 10.5 Å². The van der Waals surface area contributed by atoms with Crippen LogP contribution in [0.3, 0.4) is 0 Å². The minimum Gasteiger partial charge on any atom is -0.378 e. The summed E-state index contributed by atoms with van der Waals surface area (Å²) in [6.45, 7) is 14.9.